The first-order valence-corrected chi connectivity index (χ1v) is 8.49. The molecule has 1 amide bonds. The van der Waals surface area contributed by atoms with Crippen molar-refractivity contribution in [2.45, 2.75) is 31.6 Å². The van der Waals surface area contributed by atoms with Gasteiger partial charge in [0.25, 0.3) is 0 Å². The van der Waals surface area contributed by atoms with Gasteiger partial charge in [-0.3, -0.25) is 9.79 Å². The molecule has 2 aliphatic rings. The van der Waals surface area contributed by atoms with Crippen LogP contribution >= 0.6 is 0 Å². The molecular formula is C18H19F3N6O. The molecule has 2 heterocycles. The van der Waals surface area contributed by atoms with E-state index in [4.69, 9.17) is 0 Å². The van der Waals surface area contributed by atoms with Crippen molar-refractivity contribution in [3.63, 3.8) is 0 Å². The van der Waals surface area contributed by atoms with Crippen LogP contribution in [0.4, 0.5) is 19.0 Å². The summed E-state index contributed by atoms with van der Waals surface area (Å²) >= 11 is 0. The molecule has 0 bridgehead atoms. The third-order valence-electron chi connectivity index (χ3n) is 4.04. The lowest BCUT2D eigenvalue weighted by atomic mass is 9.99. The van der Waals surface area contributed by atoms with E-state index in [0.717, 1.165) is 11.3 Å². The van der Waals surface area contributed by atoms with Gasteiger partial charge < -0.3 is 16.0 Å². The lowest BCUT2D eigenvalue weighted by molar-refractivity contribution is -0.140. The SMILES string of the molecule is CC(C)(Nc1ccnc(C2=CC3NC=CN=C3C=C2)n1)C(=O)NCC(F)(F)F. The Labute approximate surface area is 159 Å². The standard InChI is InChI=1S/C18H19F3N6O/c1-17(2,16(28)25-10-18(19,20)21)27-14-5-6-24-15(26-14)11-3-4-12-13(9-11)23-8-7-22-12/h3-9,13,23H,10H2,1-2H3,(H,25,28)(H,24,26,27). The molecule has 10 heteroatoms. The number of rotatable bonds is 5. The van der Waals surface area contributed by atoms with E-state index < -0.39 is 24.2 Å². The zero-order valence-electron chi connectivity index (χ0n) is 15.2. The number of aromatic nitrogens is 2. The number of nitrogens with one attached hydrogen (secondary N) is 3. The fourth-order valence-electron chi connectivity index (χ4n) is 2.62. The number of allylic oxidation sites excluding steroid dienone is 2. The molecule has 1 unspecified atom stereocenters. The number of carbonyl (C=O) groups is 1. The van der Waals surface area contributed by atoms with E-state index in [9.17, 15) is 18.0 Å². The summed E-state index contributed by atoms with van der Waals surface area (Å²) < 4.78 is 37.0. The smallest absolute Gasteiger partial charge is 0.378 e. The van der Waals surface area contributed by atoms with Crippen LogP contribution in [0.5, 0.6) is 0 Å². The monoisotopic (exact) mass is 392 g/mol. The second-order valence-electron chi connectivity index (χ2n) is 6.78. The number of aliphatic imine (C=N–C) groups is 1. The summed E-state index contributed by atoms with van der Waals surface area (Å²) in [5.74, 6) is -0.0496. The van der Waals surface area contributed by atoms with Gasteiger partial charge in [-0.2, -0.15) is 13.2 Å². The van der Waals surface area contributed by atoms with Crippen molar-refractivity contribution < 1.29 is 18.0 Å². The van der Waals surface area contributed by atoms with Crippen molar-refractivity contribution >= 4 is 23.0 Å². The predicted molar refractivity (Wildman–Crippen MR) is 99.4 cm³/mol. The highest BCUT2D eigenvalue weighted by atomic mass is 19.4. The van der Waals surface area contributed by atoms with Gasteiger partial charge >= 0.3 is 6.18 Å². The number of carbonyl (C=O) groups excluding carboxylic acids is 1. The molecule has 1 aliphatic carbocycles. The molecule has 1 atom stereocenters. The summed E-state index contributed by atoms with van der Waals surface area (Å²) in [6.07, 6.45) is 6.05. The fourth-order valence-corrected chi connectivity index (χ4v) is 2.62. The number of nitrogens with zero attached hydrogens (tertiary/aromatic N) is 3. The van der Waals surface area contributed by atoms with E-state index in [1.54, 1.807) is 18.5 Å². The number of hydrogen-bond acceptors (Lipinski definition) is 6. The minimum absolute atomic E-state index is 0.0881. The van der Waals surface area contributed by atoms with Crippen LogP contribution in [0.15, 0.2) is 47.9 Å². The highest BCUT2D eigenvalue weighted by Gasteiger charge is 2.33. The number of amides is 1. The fraction of sp³-hybridized carbons (Fsp3) is 0.333. The highest BCUT2D eigenvalue weighted by molar-refractivity contribution is 6.06. The van der Waals surface area contributed by atoms with Gasteiger partial charge in [0.2, 0.25) is 5.91 Å². The Kier molecular flexibility index (Phi) is 5.21. The summed E-state index contributed by atoms with van der Waals surface area (Å²) in [4.78, 5) is 25.0. The first kappa shape index (κ1) is 19.6. The lowest BCUT2D eigenvalue weighted by Gasteiger charge is -2.26. The molecule has 0 saturated heterocycles. The summed E-state index contributed by atoms with van der Waals surface area (Å²) in [7, 11) is 0. The molecule has 1 aromatic heterocycles. The van der Waals surface area contributed by atoms with Gasteiger partial charge in [-0.05, 0) is 38.1 Å². The Hall–Kier alpha value is -3.17. The van der Waals surface area contributed by atoms with Crippen LogP contribution in [0, 0.1) is 0 Å². The second-order valence-corrected chi connectivity index (χ2v) is 6.78. The Morgan fingerprint density at radius 1 is 1.29 bits per heavy atom. The average molecular weight is 392 g/mol. The van der Waals surface area contributed by atoms with E-state index >= 15 is 0 Å². The molecular weight excluding hydrogens is 373 g/mol. The van der Waals surface area contributed by atoms with Gasteiger partial charge in [-0.25, -0.2) is 9.97 Å². The maximum atomic E-state index is 12.3. The van der Waals surface area contributed by atoms with Gasteiger partial charge in [0.1, 0.15) is 17.9 Å². The van der Waals surface area contributed by atoms with E-state index in [0.29, 0.717) is 11.6 Å². The third-order valence-corrected chi connectivity index (χ3v) is 4.04. The first-order chi connectivity index (χ1) is 13.1. The summed E-state index contributed by atoms with van der Waals surface area (Å²) in [6.45, 7) is 1.55. The second kappa shape index (κ2) is 7.45. The topological polar surface area (TPSA) is 91.3 Å². The van der Waals surface area contributed by atoms with Crippen LogP contribution in [-0.4, -0.2) is 45.9 Å². The minimum atomic E-state index is -4.47. The Morgan fingerprint density at radius 2 is 2.07 bits per heavy atom. The highest BCUT2D eigenvalue weighted by Crippen LogP contribution is 2.21. The number of hydrogen-bond donors (Lipinski definition) is 3. The lowest BCUT2D eigenvalue weighted by Crippen LogP contribution is -2.50. The molecule has 1 aromatic rings. The van der Waals surface area contributed by atoms with Crippen LogP contribution in [0.3, 0.4) is 0 Å². The first-order valence-electron chi connectivity index (χ1n) is 8.49. The van der Waals surface area contributed by atoms with Crippen LogP contribution in [0.25, 0.3) is 5.57 Å². The van der Waals surface area contributed by atoms with Gasteiger partial charge in [-0.1, -0.05) is 0 Å². The summed E-state index contributed by atoms with van der Waals surface area (Å²) in [6, 6.07) is 1.46. The zero-order chi connectivity index (χ0) is 20.4. The van der Waals surface area contributed by atoms with Crippen LogP contribution in [-0.2, 0) is 4.79 Å². The Morgan fingerprint density at radius 3 is 2.82 bits per heavy atom. The molecule has 28 heavy (non-hydrogen) atoms. The molecule has 0 radical (unpaired) electrons. The minimum Gasteiger partial charge on any atom is -0.378 e. The summed E-state index contributed by atoms with van der Waals surface area (Å²) in [5.41, 5.74) is 0.321. The van der Waals surface area contributed by atoms with Gasteiger partial charge in [0.15, 0.2) is 5.82 Å². The average Bonchev–Trinajstić information content (AvgIpc) is 2.65. The largest absolute Gasteiger partial charge is 0.405 e. The molecule has 0 saturated carbocycles. The van der Waals surface area contributed by atoms with Crippen molar-refractivity contribution in [1.29, 1.82) is 0 Å². The zero-order valence-corrected chi connectivity index (χ0v) is 15.2. The normalized spacial score (nSPS) is 18.5. The molecule has 3 rings (SSSR count). The quantitative estimate of drug-likeness (QED) is 0.715. The maximum absolute atomic E-state index is 12.3. The molecule has 0 spiro atoms. The third kappa shape index (κ3) is 4.76. The number of halogens is 3. The van der Waals surface area contributed by atoms with Crippen molar-refractivity contribution in [1.82, 2.24) is 20.6 Å². The molecule has 3 N–H and O–H groups in total. The number of fused-ring (bicyclic) bond motifs is 1. The number of anilines is 1. The van der Waals surface area contributed by atoms with Gasteiger partial charge in [-0.15, -0.1) is 0 Å². The molecule has 148 valence electrons. The molecule has 0 fully saturated rings. The van der Waals surface area contributed by atoms with E-state index in [1.807, 2.05) is 23.5 Å². The molecule has 1 aliphatic heterocycles. The van der Waals surface area contributed by atoms with Gasteiger partial charge in [0.05, 0.1) is 11.8 Å². The van der Waals surface area contributed by atoms with E-state index in [1.165, 1.54) is 20.0 Å². The van der Waals surface area contributed by atoms with Crippen molar-refractivity contribution in [2.24, 2.45) is 4.99 Å². The maximum Gasteiger partial charge on any atom is 0.405 e. The summed E-state index contributed by atoms with van der Waals surface area (Å²) in [5, 5.41) is 7.89. The van der Waals surface area contributed by atoms with Crippen molar-refractivity contribution in [2.75, 3.05) is 11.9 Å². The molecule has 0 aromatic carbocycles. The van der Waals surface area contributed by atoms with Crippen LogP contribution < -0.4 is 16.0 Å². The van der Waals surface area contributed by atoms with Crippen LogP contribution in [0.2, 0.25) is 0 Å². The Bertz CT molecular complexity index is 886. The van der Waals surface area contributed by atoms with Crippen molar-refractivity contribution in [3.05, 3.63) is 48.7 Å². The van der Waals surface area contributed by atoms with E-state index in [-0.39, 0.29) is 6.04 Å². The predicted octanol–water partition coefficient (Wildman–Crippen LogP) is 2.18. The van der Waals surface area contributed by atoms with E-state index in [2.05, 4.69) is 25.6 Å². The van der Waals surface area contributed by atoms with Crippen LogP contribution in [0.1, 0.15) is 19.7 Å². The van der Waals surface area contributed by atoms with Gasteiger partial charge in [0, 0.05) is 24.2 Å². The Balaban J connectivity index is 1.72. The van der Waals surface area contributed by atoms with Crippen molar-refractivity contribution in [3.8, 4) is 0 Å². The molecule has 7 nitrogen and oxygen atoms in total. The number of alkyl halides is 3.